The topological polar surface area (TPSA) is 46.2 Å². The van der Waals surface area contributed by atoms with Crippen molar-refractivity contribution in [1.82, 2.24) is 0 Å². The van der Waals surface area contributed by atoms with E-state index in [-0.39, 0.29) is 5.69 Å². The number of hydrogen-bond donors (Lipinski definition) is 1. The quantitative estimate of drug-likeness (QED) is 0.836. The fourth-order valence-corrected chi connectivity index (χ4v) is 2.95. The third kappa shape index (κ3) is 3.69. The van der Waals surface area contributed by atoms with Gasteiger partial charge in [-0.2, -0.15) is 13.2 Å². The highest BCUT2D eigenvalue weighted by Crippen LogP contribution is 2.36. The molecule has 22 heavy (non-hydrogen) atoms. The molecule has 0 fully saturated rings. The molecule has 0 heterocycles. The van der Waals surface area contributed by atoms with Crippen LogP contribution < -0.4 is 4.72 Å². The molecule has 2 rings (SSSR count). The summed E-state index contributed by atoms with van der Waals surface area (Å²) in [7, 11) is -4.30. The Hall–Kier alpha value is -1.80. The summed E-state index contributed by atoms with van der Waals surface area (Å²) in [5, 5.41) is -0.614. The van der Waals surface area contributed by atoms with Crippen molar-refractivity contribution in [3.63, 3.8) is 0 Å². The summed E-state index contributed by atoms with van der Waals surface area (Å²) in [6, 6.07) is 6.71. The Bertz CT molecular complexity index is 806. The average molecular weight is 354 g/mol. The van der Waals surface area contributed by atoms with Gasteiger partial charge in [-0.3, -0.25) is 4.72 Å². The van der Waals surface area contributed by atoms with Gasteiger partial charge in [0.15, 0.2) is 0 Å². The molecule has 0 aliphatic carbocycles. The normalized spacial score (nSPS) is 12.2. The molecular formula is C13H8ClF4NO2S. The lowest BCUT2D eigenvalue weighted by Gasteiger charge is -2.12. The molecule has 9 heteroatoms. The highest BCUT2D eigenvalue weighted by atomic mass is 35.5. The number of hydrogen-bond acceptors (Lipinski definition) is 2. The van der Waals surface area contributed by atoms with E-state index in [0.29, 0.717) is 6.07 Å². The van der Waals surface area contributed by atoms with Crippen LogP contribution in [0.1, 0.15) is 5.56 Å². The predicted molar refractivity (Wildman–Crippen MR) is 73.7 cm³/mol. The number of sulfonamides is 1. The van der Waals surface area contributed by atoms with Gasteiger partial charge in [-0.05, 0) is 36.4 Å². The molecule has 0 atom stereocenters. The first-order valence-electron chi connectivity index (χ1n) is 5.75. The Kier molecular flexibility index (Phi) is 4.35. The predicted octanol–water partition coefficient (Wildman–Crippen LogP) is 4.30. The van der Waals surface area contributed by atoms with Gasteiger partial charge in [0, 0.05) is 0 Å². The number of benzene rings is 2. The van der Waals surface area contributed by atoms with Crippen LogP contribution in [-0.2, 0) is 16.2 Å². The minimum absolute atomic E-state index is 0.108. The molecule has 0 aliphatic heterocycles. The van der Waals surface area contributed by atoms with Gasteiger partial charge in [0.2, 0.25) is 0 Å². The summed E-state index contributed by atoms with van der Waals surface area (Å²) in [6.45, 7) is 0. The minimum Gasteiger partial charge on any atom is -0.280 e. The molecular weight excluding hydrogens is 346 g/mol. The molecule has 0 radical (unpaired) electrons. The van der Waals surface area contributed by atoms with Gasteiger partial charge in [-0.15, -0.1) is 0 Å². The maximum absolute atomic E-state index is 13.0. The zero-order chi connectivity index (χ0) is 16.5. The molecule has 2 aromatic carbocycles. The molecule has 0 aromatic heterocycles. The third-order valence-electron chi connectivity index (χ3n) is 2.63. The summed E-state index contributed by atoms with van der Waals surface area (Å²) in [5.41, 5.74) is -1.38. The number of halogens is 5. The molecule has 0 aliphatic rings. The molecule has 0 amide bonds. The smallest absolute Gasteiger partial charge is 0.280 e. The standard InChI is InChI=1S/C13H8ClF4NO2S/c14-12-5-4-10(7-11(12)13(16,17)18)22(20,21)19-9-3-1-2-8(15)6-9/h1-7,19H. The van der Waals surface area contributed by atoms with Crippen molar-refractivity contribution in [3.05, 3.63) is 58.9 Å². The average Bonchev–Trinajstić information content (AvgIpc) is 2.36. The largest absolute Gasteiger partial charge is 0.417 e. The van der Waals surface area contributed by atoms with E-state index in [9.17, 15) is 26.0 Å². The molecule has 0 unspecified atom stereocenters. The van der Waals surface area contributed by atoms with Crippen molar-refractivity contribution >= 4 is 27.3 Å². The van der Waals surface area contributed by atoms with Crippen LogP contribution >= 0.6 is 11.6 Å². The van der Waals surface area contributed by atoms with Gasteiger partial charge < -0.3 is 0 Å². The van der Waals surface area contributed by atoms with Crippen LogP contribution in [0.3, 0.4) is 0 Å². The van der Waals surface area contributed by atoms with Crippen molar-refractivity contribution in [2.75, 3.05) is 4.72 Å². The second-order valence-electron chi connectivity index (χ2n) is 4.26. The molecule has 0 spiro atoms. The summed E-state index contributed by atoms with van der Waals surface area (Å²) in [5.74, 6) is -0.688. The monoisotopic (exact) mass is 353 g/mol. The zero-order valence-electron chi connectivity index (χ0n) is 10.7. The second-order valence-corrected chi connectivity index (χ2v) is 6.34. The SMILES string of the molecule is O=S(=O)(Nc1cccc(F)c1)c1ccc(Cl)c(C(F)(F)F)c1. The first kappa shape index (κ1) is 16.6. The number of alkyl halides is 3. The Balaban J connectivity index is 2.42. The van der Waals surface area contributed by atoms with Crippen LogP contribution in [0.2, 0.25) is 5.02 Å². The number of anilines is 1. The molecule has 118 valence electrons. The van der Waals surface area contributed by atoms with Gasteiger partial charge in [0.1, 0.15) is 5.82 Å². The van der Waals surface area contributed by atoms with Gasteiger partial charge in [0.05, 0.1) is 21.2 Å². The fourth-order valence-electron chi connectivity index (χ4n) is 1.65. The van der Waals surface area contributed by atoms with Crippen molar-refractivity contribution in [1.29, 1.82) is 0 Å². The lowest BCUT2D eigenvalue weighted by molar-refractivity contribution is -0.137. The summed E-state index contributed by atoms with van der Waals surface area (Å²) in [4.78, 5) is -0.631. The Morgan fingerprint density at radius 3 is 2.32 bits per heavy atom. The van der Waals surface area contributed by atoms with Crippen molar-refractivity contribution in [2.24, 2.45) is 0 Å². The molecule has 2 aromatic rings. The maximum Gasteiger partial charge on any atom is 0.417 e. The van der Waals surface area contributed by atoms with E-state index in [1.165, 1.54) is 12.1 Å². The molecule has 3 nitrogen and oxygen atoms in total. The third-order valence-corrected chi connectivity index (χ3v) is 4.34. The van der Waals surface area contributed by atoms with E-state index in [1.54, 1.807) is 0 Å². The number of nitrogens with one attached hydrogen (secondary N) is 1. The minimum atomic E-state index is -4.79. The van der Waals surface area contributed by atoms with Crippen LogP contribution in [-0.4, -0.2) is 8.42 Å². The lowest BCUT2D eigenvalue weighted by Crippen LogP contribution is -2.15. The van der Waals surface area contributed by atoms with Crippen molar-refractivity contribution < 1.29 is 26.0 Å². The zero-order valence-corrected chi connectivity index (χ0v) is 12.2. The van der Waals surface area contributed by atoms with E-state index in [1.807, 2.05) is 4.72 Å². The highest BCUT2D eigenvalue weighted by Gasteiger charge is 2.34. The molecule has 0 saturated heterocycles. The Labute approximate surface area is 128 Å². The van der Waals surface area contributed by atoms with E-state index < -0.39 is 37.5 Å². The lowest BCUT2D eigenvalue weighted by atomic mass is 10.2. The van der Waals surface area contributed by atoms with Gasteiger partial charge in [-0.25, -0.2) is 12.8 Å². The van der Waals surface area contributed by atoms with Crippen LogP contribution in [0.5, 0.6) is 0 Å². The Morgan fingerprint density at radius 2 is 1.73 bits per heavy atom. The Morgan fingerprint density at radius 1 is 1.05 bits per heavy atom. The van der Waals surface area contributed by atoms with Crippen molar-refractivity contribution in [2.45, 2.75) is 11.1 Å². The number of rotatable bonds is 3. The van der Waals surface area contributed by atoms with Gasteiger partial charge >= 0.3 is 6.18 Å². The summed E-state index contributed by atoms with van der Waals surface area (Å²) < 4.78 is 77.4. The van der Waals surface area contributed by atoms with Crippen LogP contribution in [0.4, 0.5) is 23.2 Å². The summed E-state index contributed by atoms with van der Waals surface area (Å²) in [6.07, 6.45) is -4.79. The first-order chi connectivity index (χ1) is 10.1. The molecule has 0 bridgehead atoms. The van der Waals surface area contributed by atoms with E-state index in [4.69, 9.17) is 11.6 Å². The van der Waals surface area contributed by atoms with E-state index in [2.05, 4.69) is 0 Å². The van der Waals surface area contributed by atoms with Gasteiger partial charge in [0.25, 0.3) is 10.0 Å². The maximum atomic E-state index is 13.0. The van der Waals surface area contributed by atoms with Crippen LogP contribution in [0, 0.1) is 5.82 Å². The van der Waals surface area contributed by atoms with E-state index >= 15 is 0 Å². The van der Waals surface area contributed by atoms with Crippen molar-refractivity contribution in [3.8, 4) is 0 Å². The molecule has 0 saturated carbocycles. The fraction of sp³-hybridized carbons (Fsp3) is 0.0769. The summed E-state index contributed by atoms with van der Waals surface area (Å²) >= 11 is 5.43. The highest BCUT2D eigenvalue weighted by molar-refractivity contribution is 7.92. The van der Waals surface area contributed by atoms with Gasteiger partial charge in [-0.1, -0.05) is 17.7 Å². The second kappa shape index (κ2) is 5.77. The van der Waals surface area contributed by atoms with Crippen LogP contribution in [0.15, 0.2) is 47.4 Å². The van der Waals surface area contributed by atoms with E-state index in [0.717, 1.165) is 24.3 Å². The van der Waals surface area contributed by atoms with Crippen LogP contribution in [0.25, 0.3) is 0 Å². The molecule has 1 N–H and O–H groups in total. The first-order valence-corrected chi connectivity index (χ1v) is 7.61.